The van der Waals surface area contributed by atoms with Gasteiger partial charge in [-0.25, -0.2) is 9.97 Å². The average Bonchev–Trinajstić information content (AvgIpc) is 3.42. The van der Waals surface area contributed by atoms with Crippen molar-refractivity contribution >= 4 is 0 Å². The highest BCUT2D eigenvalue weighted by Gasteiger charge is 2.46. The Balaban J connectivity index is 1.42. The van der Waals surface area contributed by atoms with E-state index in [1.165, 1.54) is 0 Å². The maximum atomic E-state index is 9.96. The molecule has 0 unspecified atom stereocenters. The molecular weight excluding hydrogens is 546 g/mol. The minimum Gasteiger partial charge on any atom is -0.228 e. The molecule has 6 aromatic carbocycles. The Morgan fingerprint density at radius 1 is 0.444 bits per heavy atom. The third-order valence-electron chi connectivity index (χ3n) is 8.80. The Morgan fingerprint density at radius 3 is 1.42 bits per heavy atom. The van der Waals surface area contributed by atoms with Gasteiger partial charge >= 0.3 is 0 Å². The highest BCUT2D eigenvalue weighted by molar-refractivity contribution is 5.88. The van der Waals surface area contributed by atoms with Gasteiger partial charge in [-0.15, -0.1) is 0 Å². The molecule has 1 aromatic heterocycles. The van der Waals surface area contributed by atoms with Crippen LogP contribution in [-0.4, -0.2) is 9.97 Å². The van der Waals surface area contributed by atoms with Crippen LogP contribution >= 0.6 is 0 Å². The van der Waals surface area contributed by atoms with E-state index in [2.05, 4.69) is 127 Å². The van der Waals surface area contributed by atoms with Crippen molar-refractivity contribution in [2.24, 2.45) is 0 Å². The summed E-state index contributed by atoms with van der Waals surface area (Å²) in [6.07, 6.45) is 0. The number of hydrogen-bond donors (Lipinski definition) is 0. The maximum absolute atomic E-state index is 9.96. The van der Waals surface area contributed by atoms with E-state index in [1.807, 2.05) is 42.5 Å². The van der Waals surface area contributed by atoms with Crippen LogP contribution in [0.25, 0.3) is 45.0 Å². The Bertz CT molecular complexity index is 2100. The minimum atomic E-state index is -0.630. The summed E-state index contributed by atoms with van der Waals surface area (Å²) in [7, 11) is 0. The first-order valence-corrected chi connectivity index (χ1v) is 15.1. The molecule has 0 amide bonds. The van der Waals surface area contributed by atoms with Crippen LogP contribution in [-0.2, 0) is 5.41 Å². The zero-order valence-electron chi connectivity index (χ0n) is 24.4. The first-order chi connectivity index (χ1) is 22.3. The van der Waals surface area contributed by atoms with Crippen LogP contribution in [0.4, 0.5) is 0 Å². The van der Waals surface area contributed by atoms with Gasteiger partial charge in [0.15, 0.2) is 5.82 Å². The van der Waals surface area contributed by atoms with Crippen molar-refractivity contribution in [1.82, 2.24) is 9.97 Å². The predicted molar refractivity (Wildman–Crippen MR) is 180 cm³/mol. The molecule has 3 nitrogen and oxygen atoms in total. The molecular formula is C42H27N3. The standard InChI is InChI=1S/C42H27N3/c43-28-29-21-23-35-36-24-22-32(41-44-39(30-13-5-1-6-14-30)27-40(45-41)31-15-7-2-8-16-31)26-38(36)42(37(35)25-29,33-17-9-3-10-18-33)34-19-11-4-12-20-34/h1-27H. The summed E-state index contributed by atoms with van der Waals surface area (Å²) in [5, 5.41) is 9.96. The summed E-state index contributed by atoms with van der Waals surface area (Å²) >= 11 is 0. The van der Waals surface area contributed by atoms with Crippen molar-refractivity contribution in [2.75, 3.05) is 0 Å². The van der Waals surface area contributed by atoms with Crippen LogP contribution in [0.2, 0.25) is 0 Å². The van der Waals surface area contributed by atoms with E-state index in [4.69, 9.17) is 9.97 Å². The van der Waals surface area contributed by atoms with Crippen LogP contribution in [0, 0.1) is 11.3 Å². The number of rotatable bonds is 5. The first kappa shape index (κ1) is 26.5. The molecule has 8 rings (SSSR count). The first-order valence-electron chi connectivity index (χ1n) is 15.1. The Kier molecular flexibility index (Phi) is 6.40. The molecule has 210 valence electrons. The van der Waals surface area contributed by atoms with Gasteiger partial charge in [-0.3, -0.25) is 0 Å². The summed E-state index contributed by atoms with van der Waals surface area (Å²) < 4.78 is 0. The van der Waals surface area contributed by atoms with E-state index in [1.54, 1.807) is 0 Å². The molecule has 7 aromatic rings. The molecule has 1 aliphatic rings. The van der Waals surface area contributed by atoms with Gasteiger partial charge in [-0.05, 0) is 57.6 Å². The monoisotopic (exact) mass is 573 g/mol. The maximum Gasteiger partial charge on any atom is 0.160 e. The quantitative estimate of drug-likeness (QED) is 0.206. The third-order valence-corrected chi connectivity index (χ3v) is 8.80. The van der Waals surface area contributed by atoms with Crippen LogP contribution in [0.15, 0.2) is 164 Å². The zero-order chi connectivity index (χ0) is 30.2. The summed E-state index contributed by atoms with van der Waals surface area (Å²) in [5.41, 5.74) is 11.6. The zero-order valence-corrected chi connectivity index (χ0v) is 24.4. The summed E-state index contributed by atoms with van der Waals surface area (Å²) in [4.78, 5) is 10.3. The molecule has 0 saturated carbocycles. The van der Waals surface area contributed by atoms with Crippen LogP contribution < -0.4 is 0 Å². The fourth-order valence-electron chi connectivity index (χ4n) is 6.79. The topological polar surface area (TPSA) is 49.6 Å². The summed E-state index contributed by atoms with van der Waals surface area (Å²) in [5.74, 6) is 0.668. The predicted octanol–water partition coefficient (Wildman–Crippen LogP) is 9.71. The molecule has 0 saturated heterocycles. The second-order valence-electron chi connectivity index (χ2n) is 11.3. The highest BCUT2D eigenvalue weighted by atomic mass is 14.9. The van der Waals surface area contributed by atoms with Gasteiger partial charge < -0.3 is 0 Å². The van der Waals surface area contributed by atoms with Crippen LogP contribution in [0.3, 0.4) is 0 Å². The lowest BCUT2D eigenvalue weighted by Gasteiger charge is -2.34. The van der Waals surface area contributed by atoms with Gasteiger partial charge in [-0.2, -0.15) is 5.26 Å². The largest absolute Gasteiger partial charge is 0.228 e. The van der Waals surface area contributed by atoms with Gasteiger partial charge in [0.25, 0.3) is 0 Å². The van der Waals surface area contributed by atoms with Gasteiger partial charge in [0.2, 0.25) is 0 Å². The second kappa shape index (κ2) is 10.9. The van der Waals surface area contributed by atoms with Crippen LogP contribution in [0.1, 0.15) is 27.8 Å². The number of nitrogens with zero attached hydrogens (tertiary/aromatic N) is 3. The normalized spacial score (nSPS) is 12.6. The van der Waals surface area contributed by atoms with Gasteiger partial charge in [-0.1, -0.05) is 140 Å². The van der Waals surface area contributed by atoms with Gasteiger partial charge in [0.05, 0.1) is 28.4 Å². The lowest BCUT2D eigenvalue weighted by Crippen LogP contribution is -2.28. The number of fused-ring (bicyclic) bond motifs is 3. The second-order valence-corrected chi connectivity index (χ2v) is 11.3. The van der Waals surface area contributed by atoms with Gasteiger partial charge in [0, 0.05) is 16.7 Å². The molecule has 0 N–H and O–H groups in total. The van der Waals surface area contributed by atoms with E-state index in [-0.39, 0.29) is 0 Å². The molecule has 0 spiro atoms. The molecule has 0 aliphatic heterocycles. The SMILES string of the molecule is N#Cc1ccc2c(c1)C(c1ccccc1)(c1ccccc1)c1cc(-c3nc(-c4ccccc4)cc(-c4ccccc4)n3)ccc1-2. The van der Waals surface area contributed by atoms with Crippen molar-refractivity contribution < 1.29 is 0 Å². The fourth-order valence-corrected chi connectivity index (χ4v) is 6.79. The van der Waals surface area contributed by atoms with Crippen molar-refractivity contribution in [2.45, 2.75) is 5.41 Å². The number of nitriles is 1. The molecule has 0 atom stereocenters. The molecule has 3 heteroatoms. The Hall–Kier alpha value is -6.11. The van der Waals surface area contributed by atoms with E-state index in [9.17, 15) is 5.26 Å². The average molecular weight is 574 g/mol. The molecule has 1 aliphatic carbocycles. The molecule has 45 heavy (non-hydrogen) atoms. The van der Waals surface area contributed by atoms with E-state index < -0.39 is 5.41 Å². The number of aromatic nitrogens is 2. The molecule has 1 heterocycles. The summed E-state index contributed by atoms with van der Waals surface area (Å²) in [6.45, 7) is 0. The molecule has 0 bridgehead atoms. The lowest BCUT2D eigenvalue weighted by atomic mass is 9.67. The van der Waals surface area contributed by atoms with E-state index in [0.717, 1.165) is 61.5 Å². The lowest BCUT2D eigenvalue weighted by molar-refractivity contribution is 0.768. The van der Waals surface area contributed by atoms with E-state index >= 15 is 0 Å². The van der Waals surface area contributed by atoms with Crippen molar-refractivity contribution in [1.29, 1.82) is 5.26 Å². The summed E-state index contributed by atoms with van der Waals surface area (Å²) in [6, 6.07) is 58.9. The Morgan fingerprint density at radius 2 is 0.911 bits per heavy atom. The van der Waals surface area contributed by atoms with Gasteiger partial charge in [0.1, 0.15) is 0 Å². The molecule has 0 radical (unpaired) electrons. The smallest absolute Gasteiger partial charge is 0.160 e. The van der Waals surface area contributed by atoms with Crippen LogP contribution in [0.5, 0.6) is 0 Å². The van der Waals surface area contributed by atoms with E-state index in [0.29, 0.717) is 11.4 Å². The number of hydrogen-bond acceptors (Lipinski definition) is 3. The third kappa shape index (κ3) is 4.35. The fraction of sp³-hybridized carbons (Fsp3) is 0.0238. The Labute approximate surface area is 262 Å². The highest BCUT2D eigenvalue weighted by Crippen LogP contribution is 2.56. The van der Waals surface area contributed by atoms with Crippen molar-refractivity contribution in [3.8, 4) is 51.1 Å². The minimum absolute atomic E-state index is 0.630. The molecule has 0 fully saturated rings. The van der Waals surface area contributed by atoms with Crippen molar-refractivity contribution in [3.63, 3.8) is 0 Å². The number of benzene rings is 6. The van der Waals surface area contributed by atoms with Crippen molar-refractivity contribution in [3.05, 3.63) is 192 Å².